The molecule has 0 aromatic carbocycles. The van der Waals surface area contributed by atoms with Gasteiger partial charge in [-0.05, 0) is 24.5 Å². The average Bonchev–Trinajstić information content (AvgIpc) is 2.40. The van der Waals surface area contributed by atoms with Crippen molar-refractivity contribution in [2.45, 2.75) is 19.3 Å². The van der Waals surface area contributed by atoms with Gasteiger partial charge in [0.1, 0.15) is 0 Å². The van der Waals surface area contributed by atoms with Gasteiger partial charge in [-0.25, -0.2) is 0 Å². The molecule has 0 bridgehead atoms. The minimum absolute atomic E-state index is 0.436. The highest BCUT2D eigenvalue weighted by Crippen LogP contribution is 2.50. The lowest BCUT2D eigenvalue weighted by Gasteiger charge is -2.39. The van der Waals surface area contributed by atoms with E-state index in [2.05, 4.69) is 18.5 Å². The molecule has 64 valence electrons. The number of hydrogen-bond acceptors (Lipinski definition) is 1. The zero-order valence-corrected chi connectivity index (χ0v) is 7.40. The number of nitrogens with one attached hydrogen (secondary N) is 1. The largest absolute Gasteiger partial charge is 0.384 e. The van der Waals surface area contributed by atoms with E-state index in [-0.39, 0.29) is 0 Å². The smallest absolute Gasteiger partial charge is 0.0373 e. The van der Waals surface area contributed by atoms with Gasteiger partial charge in [-0.3, -0.25) is 0 Å². The SMILES string of the molecule is C=CC1=C(C=C)C2(CCC2)CN1. The maximum atomic E-state index is 3.87. The van der Waals surface area contributed by atoms with E-state index < -0.39 is 0 Å². The van der Waals surface area contributed by atoms with E-state index in [1.807, 2.05) is 12.2 Å². The van der Waals surface area contributed by atoms with Gasteiger partial charge in [0.15, 0.2) is 0 Å². The molecular formula is C11H15N. The van der Waals surface area contributed by atoms with E-state index in [1.165, 1.54) is 30.5 Å². The molecule has 0 saturated heterocycles. The molecule has 0 aromatic rings. The van der Waals surface area contributed by atoms with Crippen LogP contribution < -0.4 is 5.32 Å². The van der Waals surface area contributed by atoms with E-state index in [0.717, 1.165) is 6.54 Å². The van der Waals surface area contributed by atoms with E-state index in [9.17, 15) is 0 Å². The first-order chi connectivity index (χ1) is 5.82. The van der Waals surface area contributed by atoms with Crippen LogP contribution in [0.4, 0.5) is 0 Å². The maximum Gasteiger partial charge on any atom is 0.0373 e. The molecule has 1 nitrogen and oxygen atoms in total. The van der Waals surface area contributed by atoms with Gasteiger partial charge in [0.05, 0.1) is 0 Å². The zero-order valence-electron chi connectivity index (χ0n) is 7.40. The Hall–Kier alpha value is -0.980. The van der Waals surface area contributed by atoms with Gasteiger partial charge in [-0.1, -0.05) is 25.7 Å². The lowest BCUT2D eigenvalue weighted by atomic mass is 9.65. The standard InChI is InChI=1S/C11H15N/c1-3-9-10(4-2)12-8-11(9)6-5-7-11/h3-4,12H,1-2,5-8H2. The molecular weight excluding hydrogens is 146 g/mol. The van der Waals surface area contributed by atoms with Gasteiger partial charge in [0.2, 0.25) is 0 Å². The summed E-state index contributed by atoms with van der Waals surface area (Å²) in [5.41, 5.74) is 3.03. The second kappa shape index (κ2) is 2.51. The summed E-state index contributed by atoms with van der Waals surface area (Å²) in [4.78, 5) is 0. The molecule has 0 aromatic heterocycles. The highest BCUT2D eigenvalue weighted by Gasteiger charge is 2.43. The lowest BCUT2D eigenvalue weighted by Crippen LogP contribution is -2.34. The van der Waals surface area contributed by atoms with Crippen molar-refractivity contribution in [3.8, 4) is 0 Å². The topological polar surface area (TPSA) is 12.0 Å². The molecule has 1 heteroatoms. The molecule has 1 fully saturated rings. The predicted molar refractivity (Wildman–Crippen MR) is 51.7 cm³/mol. The van der Waals surface area contributed by atoms with Crippen molar-refractivity contribution < 1.29 is 0 Å². The molecule has 0 amide bonds. The molecule has 1 aliphatic heterocycles. The van der Waals surface area contributed by atoms with Crippen molar-refractivity contribution in [1.82, 2.24) is 5.32 Å². The summed E-state index contributed by atoms with van der Waals surface area (Å²) < 4.78 is 0. The molecule has 0 radical (unpaired) electrons. The van der Waals surface area contributed by atoms with Crippen LogP contribution in [0.1, 0.15) is 19.3 Å². The zero-order chi connectivity index (χ0) is 8.60. The fraction of sp³-hybridized carbons (Fsp3) is 0.455. The highest BCUT2D eigenvalue weighted by atomic mass is 14.9. The Balaban J connectivity index is 2.35. The predicted octanol–water partition coefficient (Wildman–Crippen LogP) is 2.39. The summed E-state index contributed by atoms with van der Waals surface area (Å²) in [7, 11) is 0. The summed E-state index contributed by atoms with van der Waals surface area (Å²) >= 11 is 0. The van der Waals surface area contributed by atoms with Crippen LogP contribution in [0.25, 0.3) is 0 Å². The molecule has 2 rings (SSSR count). The average molecular weight is 161 g/mol. The van der Waals surface area contributed by atoms with E-state index in [4.69, 9.17) is 0 Å². The first-order valence-electron chi connectivity index (χ1n) is 4.56. The van der Waals surface area contributed by atoms with Crippen molar-refractivity contribution >= 4 is 0 Å². The van der Waals surface area contributed by atoms with Gasteiger partial charge in [0, 0.05) is 17.7 Å². The first kappa shape index (κ1) is 7.66. The normalized spacial score (nSPS) is 25.0. The van der Waals surface area contributed by atoms with E-state index >= 15 is 0 Å². The third-order valence-electron chi connectivity index (χ3n) is 3.20. The van der Waals surface area contributed by atoms with Crippen molar-refractivity contribution in [3.05, 3.63) is 36.6 Å². The van der Waals surface area contributed by atoms with E-state index in [0.29, 0.717) is 5.41 Å². The van der Waals surface area contributed by atoms with Gasteiger partial charge in [-0.2, -0.15) is 0 Å². The molecule has 0 atom stereocenters. The molecule has 1 heterocycles. The van der Waals surface area contributed by atoms with Crippen LogP contribution in [0.5, 0.6) is 0 Å². The van der Waals surface area contributed by atoms with Crippen LogP contribution >= 0.6 is 0 Å². The van der Waals surface area contributed by atoms with Gasteiger partial charge in [-0.15, -0.1) is 0 Å². The Bertz CT molecular complexity index is 256. The summed E-state index contributed by atoms with van der Waals surface area (Å²) in [6, 6.07) is 0. The summed E-state index contributed by atoms with van der Waals surface area (Å²) in [5.74, 6) is 0. The fourth-order valence-corrected chi connectivity index (χ4v) is 2.30. The minimum Gasteiger partial charge on any atom is -0.384 e. The Morgan fingerprint density at radius 2 is 2.00 bits per heavy atom. The van der Waals surface area contributed by atoms with Crippen LogP contribution in [-0.4, -0.2) is 6.54 Å². The van der Waals surface area contributed by atoms with Crippen molar-refractivity contribution in [3.63, 3.8) is 0 Å². The van der Waals surface area contributed by atoms with E-state index in [1.54, 1.807) is 0 Å². The number of allylic oxidation sites excluding steroid dienone is 2. The van der Waals surface area contributed by atoms with Gasteiger partial charge < -0.3 is 5.32 Å². The van der Waals surface area contributed by atoms with Crippen LogP contribution in [-0.2, 0) is 0 Å². The van der Waals surface area contributed by atoms with Crippen LogP contribution in [0.3, 0.4) is 0 Å². The molecule has 1 aliphatic carbocycles. The number of rotatable bonds is 2. The summed E-state index contributed by atoms with van der Waals surface area (Å²) in [6.45, 7) is 8.76. The number of hydrogen-bond donors (Lipinski definition) is 1. The molecule has 1 spiro atoms. The summed E-state index contributed by atoms with van der Waals surface area (Å²) in [5, 5.41) is 3.39. The molecule has 2 aliphatic rings. The van der Waals surface area contributed by atoms with Gasteiger partial charge >= 0.3 is 0 Å². The van der Waals surface area contributed by atoms with Crippen LogP contribution in [0, 0.1) is 5.41 Å². The van der Waals surface area contributed by atoms with Crippen molar-refractivity contribution in [2.75, 3.05) is 6.54 Å². The first-order valence-corrected chi connectivity index (χ1v) is 4.56. The third-order valence-corrected chi connectivity index (χ3v) is 3.20. The summed E-state index contributed by atoms with van der Waals surface area (Å²) in [6.07, 6.45) is 7.90. The Morgan fingerprint density at radius 3 is 2.42 bits per heavy atom. The van der Waals surface area contributed by atoms with Crippen molar-refractivity contribution in [2.24, 2.45) is 5.41 Å². The van der Waals surface area contributed by atoms with Crippen LogP contribution in [0.15, 0.2) is 36.6 Å². The monoisotopic (exact) mass is 161 g/mol. The van der Waals surface area contributed by atoms with Crippen LogP contribution in [0.2, 0.25) is 0 Å². The Morgan fingerprint density at radius 1 is 1.25 bits per heavy atom. The second-order valence-electron chi connectivity index (χ2n) is 3.72. The molecule has 1 N–H and O–H groups in total. The highest BCUT2D eigenvalue weighted by molar-refractivity contribution is 5.41. The Labute approximate surface area is 73.9 Å². The molecule has 1 saturated carbocycles. The molecule has 12 heavy (non-hydrogen) atoms. The Kier molecular flexibility index (Phi) is 1.60. The van der Waals surface area contributed by atoms with Crippen molar-refractivity contribution in [1.29, 1.82) is 0 Å². The van der Waals surface area contributed by atoms with Gasteiger partial charge in [0.25, 0.3) is 0 Å². The quantitative estimate of drug-likeness (QED) is 0.655. The minimum atomic E-state index is 0.436. The maximum absolute atomic E-state index is 3.87. The third kappa shape index (κ3) is 0.795. The molecule has 0 unspecified atom stereocenters. The lowest BCUT2D eigenvalue weighted by molar-refractivity contribution is 0.207. The second-order valence-corrected chi connectivity index (χ2v) is 3.72. The fourth-order valence-electron chi connectivity index (χ4n) is 2.30.